The van der Waals surface area contributed by atoms with Crippen LogP contribution in [0.15, 0.2) is 46.8 Å². The van der Waals surface area contributed by atoms with E-state index in [4.69, 9.17) is 19.7 Å². The monoisotopic (exact) mass is 339 g/mol. The zero-order chi connectivity index (χ0) is 17.6. The van der Waals surface area contributed by atoms with Gasteiger partial charge in [-0.2, -0.15) is 0 Å². The number of benzene rings is 1. The fourth-order valence-corrected chi connectivity index (χ4v) is 3.31. The Morgan fingerprint density at radius 2 is 2.16 bits per heavy atom. The zero-order valence-electron chi connectivity index (χ0n) is 13.2. The third-order valence-electron chi connectivity index (χ3n) is 4.53. The highest BCUT2D eigenvalue weighted by Crippen LogP contribution is 2.48. The van der Waals surface area contributed by atoms with E-state index in [1.54, 1.807) is 25.1 Å². The van der Waals surface area contributed by atoms with Gasteiger partial charge in [0.25, 0.3) is 6.29 Å². The van der Waals surface area contributed by atoms with Crippen molar-refractivity contribution in [2.45, 2.75) is 25.7 Å². The number of fused-ring (bicyclic) bond motifs is 3. The maximum absolute atomic E-state index is 12.2. The SMILES string of the molecule is CC1=CC(O/C=C2/C(=O)O[C@@H]3c4cc(N=[N+]=[N-])ccc4C[C@H]23)OC1=O. The molecule has 0 amide bonds. The van der Waals surface area contributed by atoms with Crippen LogP contribution in [0.4, 0.5) is 5.69 Å². The molecule has 25 heavy (non-hydrogen) atoms. The van der Waals surface area contributed by atoms with Crippen LogP contribution in [-0.4, -0.2) is 18.2 Å². The van der Waals surface area contributed by atoms with Gasteiger partial charge in [-0.1, -0.05) is 17.2 Å². The van der Waals surface area contributed by atoms with Crippen LogP contribution in [0, 0.1) is 5.92 Å². The summed E-state index contributed by atoms with van der Waals surface area (Å²) in [5, 5.41) is 3.59. The molecule has 126 valence electrons. The van der Waals surface area contributed by atoms with E-state index in [9.17, 15) is 9.59 Å². The van der Waals surface area contributed by atoms with Gasteiger partial charge in [-0.05, 0) is 36.1 Å². The maximum Gasteiger partial charge on any atom is 0.338 e. The summed E-state index contributed by atoms with van der Waals surface area (Å²) in [6, 6.07) is 5.34. The molecule has 0 aromatic heterocycles. The van der Waals surface area contributed by atoms with E-state index in [0.717, 1.165) is 11.1 Å². The van der Waals surface area contributed by atoms with Crippen molar-refractivity contribution in [1.29, 1.82) is 0 Å². The molecular formula is C17H13N3O5. The van der Waals surface area contributed by atoms with Gasteiger partial charge in [-0.25, -0.2) is 9.59 Å². The molecule has 1 aromatic rings. The lowest BCUT2D eigenvalue weighted by Gasteiger charge is -2.09. The second kappa shape index (κ2) is 5.68. The molecule has 3 aliphatic rings. The minimum Gasteiger partial charge on any atom is -0.458 e. The molecule has 2 heterocycles. The lowest BCUT2D eigenvalue weighted by atomic mass is 9.98. The summed E-state index contributed by atoms with van der Waals surface area (Å²) in [5.74, 6) is -1.07. The van der Waals surface area contributed by atoms with Crippen molar-refractivity contribution in [3.63, 3.8) is 0 Å². The molecule has 2 aliphatic heterocycles. The Morgan fingerprint density at radius 1 is 1.32 bits per heavy atom. The smallest absolute Gasteiger partial charge is 0.338 e. The number of cyclic esters (lactones) is 1. The van der Waals surface area contributed by atoms with Crippen molar-refractivity contribution < 1.29 is 23.8 Å². The van der Waals surface area contributed by atoms with E-state index in [-0.39, 0.29) is 5.92 Å². The van der Waals surface area contributed by atoms with Crippen molar-refractivity contribution >= 4 is 17.6 Å². The highest BCUT2D eigenvalue weighted by atomic mass is 16.7. The molecule has 8 nitrogen and oxygen atoms in total. The average molecular weight is 339 g/mol. The molecule has 8 heteroatoms. The summed E-state index contributed by atoms with van der Waals surface area (Å²) in [6.07, 6.45) is 2.24. The van der Waals surface area contributed by atoms with Crippen LogP contribution < -0.4 is 0 Å². The number of hydrogen-bond donors (Lipinski definition) is 0. The minimum absolute atomic E-state index is 0.175. The third kappa shape index (κ3) is 2.53. The fourth-order valence-electron chi connectivity index (χ4n) is 3.31. The summed E-state index contributed by atoms with van der Waals surface area (Å²) in [5.41, 5.74) is 11.8. The first kappa shape index (κ1) is 15.3. The fraction of sp³-hybridized carbons (Fsp3) is 0.294. The van der Waals surface area contributed by atoms with Crippen molar-refractivity contribution in [3.8, 4) is 0 Å². The predicted molar refractivity (Wildman–Crippen MR) is 84.1 cm³/mol. The van der Waals surface area contributed by atoms with Gasteiger partial charge in [0.2, 0.25) is 0 Å². The highest BCUT2D eigenvalue weighted by Gasteiger charge is 2.46. The van der Waals surface area contributed by atoms with Crippen molar-refractivity contribution in [2.24, 2.45) is 11.0 Å². The summed E-state index contributed by atoms with van der Waals surface area (Å²) in [7, 11) is 0. The average Bonchev–Trinajstić information content (AvgIpc) is 3.18. The van der Waals surface area contributed by atoms with E-state index < -0.39 is 24.3 Å². The van der Waals surface area contributed by atoms with Gasteiger partial charge in [0.1, 0.15) is 6.10 Å². The molecule has 1 aromatic carbocycles. The van der Waals surface area contributed by atoms with Gasteiger partial charge in [0.15, 0.2) is 0 Å². The largest absolute Gasteiger partial charge is 0.458 e. The van der Waals surface area contributed by atoms with Crippen LogP contribution in [0.25, 0.3) is 10.4 Å². The van der Waals surface area contributed by atoms with Crippen LogP contribution in [-0.2, 0) is 30.2 Å². The Kier molecular flexibility index (Phi) is 3.47. The minimum atomic E-state index is -0.827. The van der Waals surface area contributed by atoms with E-state index in [2.05, 4.69) is 10.0 Å². The van der Waals surface area contributed by atoms with Gasteiger partial charge < -0.3 is 14.2 Å². The Hall–Kier alpha value is -3.25. The quantitative estimate of drug-likeness (QED) is 0.210. The molecular weight excluding hydrogens is 326 g/mol. The molecule has 1 saturated heterocycles. The molecule has 1 unspecified atom stereocenters. The highest BCUT2D eigenvalue weighted by molar-refractivity contribution is 5.92. The Balaban J connectivity index is 1.57. The summed E-state index contributed by atoms with van der Waals surface area (Å²) in [6.45, 7) is 1.63. The number of hydrogen-bond acceptors (Lipinski definition) is 6. The first-order chi connectivity index (χ1) is 12.1. The molecule has 0 N–H and O–H groups in total. The lowest BCUT2D eigenvalue weighted by Crippen LogP contribution is -2.11. The molecule has 1 aliphatic carbocycles. The van der Waals surface area contributed by atoms with Crippen LogP contribution in [0.5, 0.6) is 0 Å². The summed E-state index contributed by atoms with van der Waals surface area (Å²) in [4.78, 5) is 26.3. The first-order valence-corrected chi connectivity index (χ1v) is 7.70. The molecule has 0 radical (unpaired) electrons. The lowest BCUT2D eigenvalue weighted by molar-refractivity contribution is -0.152. The second-order valence-corrected chi connectivity index (χ2v) is 6.04. The van der Waals surface area contributed by atoms with E-state index in [0.29, 0.717) is 23.3 Å². The number of azide groups is 1. The Morgan fingerprint density at radius 3 is 2.88 bits per heavy atom. The second-order valence-electron chi connectivity index (χ2n) is 6.04. The number of carbonyl (C=O) groups is 2. The van der Waals surface area contributed by atoms with E-state index in [1.807, 2.05) is 6.07 Å². The number of ether oxygens (including phenoxy) is 3. The zero-order valence-corrected chi connectivity index (χ0v) is 13.2. The first-order valence-electron chi connectivity index (χ1n) is 7.70. The van der Waals surface area contributed by atoms with Crippen LogP contribution in [0.3, 0.4) is 0 Å². The number of nitrogens with zero attached hydrogens (tertiary/aromatic N) is 3. The normalized spacial score (nSPS) is 28.0. The predicted octanol–water partition coefficient (Wildman–Crippen LogP) is 3.13. The molecule has 1 fully saturated rings. The third-order valence-corrected chi connectivity index (χ3v) is 4.53. The number of esters is 2. The van der Waals surface area contributed by atoms with Gasteiger partial charge in [-0.15, -0.1) is 0 Å². The maximum atomic E-state index is 12.2. The van der Waals surface area contributed by atoms with Crippen LogP contribution in [0.1, 0.15) is 24.2 Å². The van der Waals surface area contributed by atoms with Gasteiger partial charge in [0, 0.05) is 28.2 Å². The van der Waals surface area contributed by atoms with Crippen LogP contribution in [0.2, 0.25) is 0 Å². The summed E-state index contributed by atoms with van der Waals surface area (Å²) < 4.78 is 15.9. The topological polar surface area (TPSA) is 111 Å². The summed E-state index contributed by atoms with van der Waals surface area (Å²) >= 11 is 0. The molecule has 4 rings (SSSR count). The molecule has 0 bridgehead atoms. The Bertz CT molecular complexity index is 898. The number of rotatable bonds is 3. The van der Waals surface area contributed by atoms with E-state index in [1.165, 1.54) is 6.26 Å². The van der Waals surface area contributed by atoms with Gasteiger partial charge >= 0.3 is 11.9 Å². The number of carbonyl (C=O) groups excluding carboxylic acids is 2. The van der Waals surface area contributed by atoms with Crippen LogP contribution >= 0.6 is 0 Å². The molecule has 0 saturated carbocycles. The molecule has 0 spiro atoms. The van der Waals surface area contributed by atoms with Crippen molar-refractivity contribution in [2.75, 3.05) is 0 Å². The Labute approximate surface area is 142 Å². The standard InChI is InChI=1S/C17H13N3O5/c1-8-4-14(24-16(8)21)23-7-13-12-5-9-2-3-10(19-20-18)6-11(9)15(12)25-17(13)22/h2-4,6-7,12,14-15H,5H2,1H3/b13-7+/t12-,14?,15-/m1/s1. The van der Waals surface area contributed by atoms with Crippen molar-refractivity contribution in [3.05, 3.63) is 63.3 Å². The van der Waals surface area contributed by atoms with Crippen molar-refractivity contribution in [1.82, 2.24) is 0 Å². The van der Waals surface area contributed by atoms with Gasteiger partial charge in [0.05, 0.1) is 11.8 Å². The van der Waals surface area contributed by atoms with Gasteiger partial charge in [-0.3, -0.25) is 0 Å². The molecule has 3 atom stereocenters. The van der Waals surface area contributed by atoms with E-state index >= 15 is 0 Å².